The van der Waals surface area contributed by atoms with Gasteiger partial charge in [-0.25, -0.2) is 19.3 Å². The molecule has 2 aromatic rings. The lowest BCUT2D eigenvalue weighted by Crippen LogP contribution is -2.07. The van der Waals surface area contributed by atoms with E-state index in [0.29, 0.717) is 18.1 Å². The molecule has 0 aliphatic carbocycles. The van der Waals surface area contributed by atoms with Gasteiger partial charge in [0.15, 0.2) is 5.82 Å². The number of aromatic nitrogens is 3. The zero-order valence-corrected chi connectivity index (χ0v) is 8.81. The van der Waals surface area contributed by atoms with Crippen LogP contribution in [0, 0.1) is 5.82 Å². The summed E-state index contributed by atoms with van der Waals surface area (Å²) in [6.07, 6.45) is 2.82. The average Bonchev–Trinajstić information content (AvgIpc) is 2.31. The highest BCUT2D eigenvalue weighted by atomic mass is 19.1. The van der Waals surface area contributed by atoms with Gasteiger partial charge < -0.3 is 5.32 Å². The van der Waals surface area contributed by atoms with Gasteiger partial charge in [0.05, 0.1) is 11.9 Å². The van der Waals surface area contributed by atoms with Crippen LogP contribution in [0.4, 0.5) is 4.39 Å². The molecule has 0 aliphatic rings. The zero-order valence-electron chi connectivity index (χ0n) is 8.81. The molecule has 16 heavy (non-hydrogen) atoms. The number of nitrogens with zero attached hydrogens (tertiary/aromatic N) is 3. The van der Waals surface area contributed by atoms with E-state index >= 15 is 0 Å². The van der Waals surface area contributed by atoms with Gasteiger partial charge in [0.25, 0.3) is 0 Å². The average molecular weight is 218 g/mol. The Balaban J connectivity index is 2.32. The number of hydrogen-bond acceptors (Lipinski definition) is 4. The third-order valence-corrected chi connectivity index (χ3v) is 2.03. The van der Waals surface area contributed by atoms with Gasteiger partial charge in [-0.1, -0.05) is 0 Å². The van der Waals surface area contributed by atoms with E-state index in [4.69, 9.17) is 0 Å². The fourth-order valence-corrected chi connectivity index (χ4v) is 1.31. The second kappa shape index (κ2) is 4.76. The molecule has 0 aromatic carbocycles. The molecule has 5 heteroatoms. The lowest BCUT2D eigenvalue weighted by molar-refractivity contribution is 0.621. The van der Waals surface area contributed by atoms with E-state index in [1.165, 1.54) is 6.07 Å². The Hall–Kier alpha value is -1.88. The highest BCUT2D eigenvalue weighted by molar-refractivity contribution is 5.48. The van der Waals surface area contributed by atoms with Crippen molar-refractivity contribution in [1.82, 2.24) is 20.3 Å². The molecular formula is C11H11FN4. The maximum Gasteiger partial charge on any atom is 0.178 e. The first-order valence-electron chi connectivity index (χ1n) is 4.88. The van der Waals surface area contributed by atoms with Crippen molar-refractivity contribution >= 4 is 0 Å². The number of nitrogens with one attached hydrogen (secondary N) is 1. The molecule has 0 saturated carbocycles. The first-order chi connectivity index (χ1) is 7.79. The van der Waals surface area contributed by atoms with Crippen molar-refractivity contribution in [2.24, 2.45) is 0 Å². The van der Waals surface area contributed by atoms with Gasteiger partial charge in [0.2, 0.25) is 0 Å². The van der Waals surface area contributed by atoms with E-state index in [1.54, 1.807) is 12.3 Å². The van der Waals surface area contributed by atoms with Crippen LogP contribution in [0.1, 0.15) is 5.69 Å². The van der Waals surface area contributed by atoms with Crippen LogP contribution in [0.15, 0.2) is 30.6 Å². The minimum absolute atomic E-state index is 0.366. The predicted molar refractivity (Wildman–Crippen MR) is 58.0 cm³/mol. The molecule has 0 spiro atoms. The summed E-state index contributed by atoms with van der Waals surface area (Å²) < 4.78 is 12.7. The fourth-order valence-electron chi connectivity index (χ4n) is 1.31. The minimum Gasteiger partial charge on any atom is -0.314 e. The number of rotatable bonds is 3. The summed E-state index contributed by atoms with van der Waals surface area (Å²) in [4.78, 5) is 12.3. The molecule has 1 N–H and O–H groups in total. The molecule has 82 valence electrons. The number of hydrogen-bond donors (Lipinski definition) is 1. The summed E-state index contributed by atoms with van der Waals surface area (Å²) in [6.45, 7) is 0.663. The Kier molecular flexibility index (Phi) is 3.16. The van der Waals surface area contributed by atoms with Gasteiger partial charge in [-0.2, -0.15) is 0 Å². The summed E-state index contributed by atoms with van der Waals surface area (Å²) in [5.74, 6) is 0.142. The summed E-state index contributed by atoms with van der Waals surface area (Å²) >= 11 is 0. The van der Waals surface area contributed by atoms with E-state index < -0.39 is 0 Å². The lowest BCUT2D eigenvalue weighted by Gasteiger charge is -2.02. The molecule has 0 aliphatic heterocycles. The van der Waals surface area contributed by atoms with Crippen molar-refractivity contribution < 1.29 is 4.39 Å². The topological polar surface area (TPSA) is 50.7 Å². The molecule has 0 fully saturated rings. The van der Waals surface area contributed by atoms with Gasteiger partial charge >= 0.3 is 0 Å². The smallest absolute Gasteiger partial charge is 0.178 e. The van der Waals surface area contributed by atoms with Gasteiger partial charge in [-0.05, 0) is 25.2 Å². The molecule has 0 atom stereocenters. The van der Waals surface area contributed by atoms with Gasteiger partial charge in [0.1, 0.15) is 11.5 Å². The van der Waals surface area contributed by atoms with Crippen molar-refractivity contribution in [2.45, 2.75) is 6.54 Å². The van der Waals surface area contributed by atoms with E-state index in [1.807, 2.05) is 13.1 Å². The molecular weight excluding hydrogens is 207 g/mol. The summed E-state index contributed by atoms with van der Waals surface area (Å²) in [5, 5.41) is 3.00. The molecule has 0 unspecified atom stereocenters. The van der Waals surface area contributed by atoms with E-state index in [0.717, 1.165) is 11.9 Å². The maximum absolute atomic E-state index is 12.7. The van der Waals surface area contributed by atoms with Crippen LogP contribution in [0.5, 0.6) is 0 Å². The Morgan fingerprint density at radius 1 is 1.25 bits per heavy atom. The second-order valence-corrected chi connectivity index (χ2v) is 3.26. The predicted octanol–water partition coefficient (Wildman–Crippen LogP) is 1.40. The third kappa shape index (κ3) is 2.38. The maximum atomic E-state index is 12.7. The summed E-state index contributed by atoms with van der Waals surface area (Å²) in [5.41, 5.74) is 1.44. The molecule has 0 amide bonds. The first kappa shape index (κ1) is 10.6. The molecule has 0 radical (unpaired) electrons. The summed E-state index contributed by atoms with van der Waals surface area (Å²) in [6, 6.07) is 4.73. The molecule has 0 bridgehead atoms. The molecule has 4 nitrogen and oxygen atoms in total. The van der Waals surface area contributed by atoms with Crippen LogP contribution < -0.4 is 5.32 Å². The largest absolute Gasteiger partial charge is 0.314 e. The monoisotopic (exact) mass is 218 g/mol. The quantitative estimate of drug-likeness (QED) is 0.846. The molecule has 2 rings (SSSR count). The lowest BCUT2D eigenvalue weighted by atomic mass is 10.3. The van der Waals surface area contributed by atoms with Gasteiger partial charge in [-0.3, -0.25) is 0 Å². The van der Waals surface area contributed by atoms with Crippen molar-refractivity contribution in [3.8, 4) is 11.5 Å². The summed E-state index contributed by atoms with van der Waals surface area (Å²) in [7, 11) is 1.85. The standard InChI is InChI=1S/C11H11FN4/c1-13-7-9-4-5-14-11(16-9)10-3-2-8(12)6-15-10/h2-6,13H,7H2,1H3. The van der Waals surface area contributed by atoms with Crippen molar-refractivity contribution in [3.05, 3.63) is 42.1 Å². The van der Waals surface area contributed by atoms with Crippen LogP contribution in [0.25, 0.3) is 11.5 Å². The third-order valence-electron chi connectivity index (χ3n) is 2.03. The molecule has 2 aromatic heterocycles. The Morgan fingerprint density at radius 2 is 2.12 bits per heavy atom. The Bertz CT molecular complexity index is 470. The van der Waals surface area contributed by atoms with Crippen LogP contribution in [0.3, 0.4) is 0 Å². The zero-order chi connectivity index (χ0) is 11.4. The Morgan fingerprint density at radius 3 is 2.81 bits per heavy atom. The minimum atomic E-state index is -0.366. The van der Waals surface area contributed by atoms with Crippen molar-refractivity contribution in [2.75, 3.05) is 7.05 Å². The van der Waals surface area contributed by atoms with Crippen LogP contribution in [-0.4, -0.2) is 22.0 Å². The molecule has 0 saturated heterocycles. The SMILES string of the molecule is CNCc1ccnc(-c2ccc(F)cn2)n1. The van der Waals surface area contributed by atoms with E-state index in [2.05, 4.69) is 20.3 Å². The first-order valence-corrected chi connectivity index (χ1v) is 4.88. The van der Waals surface area contributed by atoms with Gasteiger partial charge in [-0.15, -0.1) is 0 Å². The highest BCUT2D eigenvalue weighted by Crippen LogP contribution is 2.11. The highest BCUT2D eigenvalue weighted by Gasteiger charge is 2.03. The number of halogens is 1. The van der Waals surface area contributed by atoms with Crippen molar-refractivity contribution in [1.29, 1.82) is 0 Å². The van der Waals surface area contributed by atoms with Crippen LogP contribution >= 0.6 is 0 Å². The van der Waals surface area contributed by atoms with E-state index in [-0.39, 0.29) is 5.82 Å². The molecule has 2 heterocycles. The normalized spacial score (nSPS) is 10.4. The number of pyridine rings is 1. The Labute approximate surface area is 92.6 Å². The second-order valence-electron chi connectivity index (χ2n) is 3.26. The van der Waals surface area contributed by atoms with Crippen molar-refractivity contribution in [3.63, 3.8) is 0 Å². The van der Waals surface area contributed by atoms with Crippen LogP contribution in [0.2, 0.25) is 0 Å². The van der Waals surface area contributed by atoms with Crippen LogP contribution in [-0.2, 0) is 6.54 Å². The van der Waals surface area contributed by atoms with Gasteiger partial charge in [0, 0.05) is 12.7 Å². The van der Waals surface area contributed by atoms with E-state index in [9.17, 15) is 4.39 Å². The fraction of sp³-hybridized carbons (Fsp3) is 0.182.